The summed E-state index contributed by atoms with van der Waals surface area (Å²) >= 11 is 3.55. The van der Waals surface area contributed by atoms with Crippen LogP contribution in [0.4, 0.5) is 5.13 Å². The lowest BCUT2D eigenvalue weighted by molar-refractivity contribution is 0.437. The van der Waals surface area contributed by atoms with Crippen molar-refractivity contribution in [1.82, 2.24) is 15.1 Å². The third kappa shape index (κ3) is 5.34. The zero-order chi connectivity index (χ0) is 11.1. The quantitative estimate of drug-likeness (QED) is 0.743. The van der Waals surface area contributed by atoms with Crippen molar-refractivity contribution in [2.24, 2.45) is 0 Å². The summed E-state index contributed by atoms with van der Waals surface area (Å²) in [4.78, 5) is 2.19. The van der Waals surface area contributed by atoms with Gasteiger partial charge in [0.05, 0.1) is 0 Å². The second kappa shape index (κ2) is 7.03. The summed E-state index contributed by atoms with van der Waals surface area (Å²) in [6, 6.07) is 0. The van der Waals surface area contributed by atoms with E-state index in [4.69, 9.17) is 0 Å². The molecule has 1 rings (SSSR count). The van der Waals surface area contributed by atoms with Gasteiger partial charge < -0.3 is 10.2 Å². The highest BCUT2D eigenvalue weighted by Crippen LogP contribution is 2.19. The summed E-state index contributed by atoms with van der Waals surface area (Å²) in [5, 5.41) is 13.4. The number of thioether (sulfide) groups is 1. The van der Waals surface area contributed by atoms with Gasteiger partial charge in [-0.3, -0.25) is 0 Å². The van der Waals surface area contributed by atoms with Crippen molar-refractivity contribution in [2.45, 2.75) is 12.7 Å². The van der Waals surface area contributed by atoms with Crippen molar-refractivity contribution in [3.05, 3.63) is 5.01 Å². The van der Waals surface area contributed by atoms with Crippen LogP contribution in [0.3, 0.4) is 0 Å². The van der Waals surface area contributed by atoms with Gasteiger partial charge in [-0.15, -0.1) is 10.2 Å². The second-order valence-electron chi connectivity index (χ2n) is 3.39. The predicted molar refractivity (Wildman–Crippen MR) is 68.8 cm³/mol. The summed E-state index contributed by atoms with van der Waals surface area (Å²) in [6.07, 6.45) is 0. The van der Waals surface area contributed by atoms with E-state index in [9.17, 15) is 0 Å². The first-order valence-electron chi connectivity index (χ1n) is 5.01. The van der Waals surface area contributed by atoms with E-state index in [1.807, 2.05) is 11.8 Å². The third-order valence-corrected chi connectivity index (χ3v) is 3.72. The molecule has 1 heterocycles. The molecule has 4 nitrogen and oxygen atoms in total. The summed E-state index contributed by atoms with van der Waals surface area (Å²) in [7, 11) is 4.18. The average Bonchev–Trinajstić information content (AvgIpc) is 2.61. The van der Waals surface area contributed by atoms with E-state index in [2.05, 4.69) is 41.4 Å². The molecule has 0 atom stereocenters. The van der Waals surface area contributed by atoms with E-state index in [1.165, 1.54) is 0 Å². The molecule has 0 bridgehead atoms. The number of hydrogen-bond acceptors (Lipinski definition) is 6. The molecule has 15 heavy (non-hydrogen) atoms. The molecule has 0 saturated heterocycles. The van der Waals surface area contributed by atoms with E-state index in [1.54, 1.807) is 11.3 Å². The van der Waals surface area contributed by atoms with Gasteiger partial charge in [0.15, 0.2) is 0 Å². The lowest BCUT2D eigenvalue weighted by Gasteiger charge is -2.07. The van der Waals surface area contributed by atoms with Crippen LogP contribution < -0.4 is 5.32 Å². The molecule has 0 spiro atoms. The van der Waals surface area contributed by atoms with Gasteiger partial charge in [-0.05, 0) is 21.0 Å². The van der Waals surface area contributed by atoms with E-state index < -0.39 is 0 Å². The van der Waals surface area contributed by atoms with Gasteiger partial charge in [0, 0.05) is 24.6 Å². The van der Waals surface area contributed by atoms with Gasteiger partial charge in [-0.1, -0.05) is 11.3 Å². The van der Waals surface area contributed by atoms with E-state index in [-0.39, 0.29) is 0 Å². The molecule has 1 aromatic heterocycles. The minimum atomic E-state index is 0.905. The first-order chi connectivity index (χ1) is 7.22. The number of nitrogens with zero attached hydrogens (tertiary/aromatic N) is 3. The minimum Gasteiger partial charge on any atom is -0.360 e. The standard InChI is InChI=1S/C9H18N4S2/c1-4-10-9-12-11-8(15-9)7-14-6-5-13(2)3/h4-7H2,1-3H3,(H,10,12). The summed E-state index contributed by atoms with van der Waals surface area (Å²) in [5.74, 6) is 2.11. The van der Waals surface area contributed by atoms with Crippen LogP contribution in [0.2, 0.25) is 0 Å². The van der Waals surface area contributed by atoms with E-state index in [0.29, 0.717) is 0 Å². The van der Waals surface area contributed by atoms with Crippen LogP contribution in [0.1, 0.15) is 11.9 Å². The number of nitrogens with one attached hydrogen (secondary N) is 1. The highest BCUT2D eigenvalue weighted by atomic mass is 32.2. The summed E-state index contributed by atoms with van der Waals surface area (Å²) in [5.41, 5.74) is 0. The van der Waals surface area contributed by atoms with Crippen molar-refractivity contribution in [3.63, 3.8) is 0 Å². The van der Waals surface area contributed by atoms with E-state index >= 15 is 0 Å². The molecular weight excluding hydrogens is 228 g/mol. The van der Waals surface area contributed by atoms with Gasteiger partial charge in [-0.25, -0.2) is 0 Å². The molecular formula is C9H18N4S2. The Morgan fingerprint density at radius 3 is 2.87 bits per heavy atom. The zero-order valence-electron chi connectivity index (χ0n) is 9.49. The molecule has 1 aromatic rings. The molecule has 0 fully saturated rings. The zero-order valence-corrected chi connectivity index (χ0v) is 11.1. The Kier molecular flexibility index (Phi) is 5.97. The van der Waals surface area contributed by atoms with Crippen LogP contribution in [0, 0.1) is 0 Å². The highest BCUT2D eigenvalue weighted by Gasteiger charge is 2.02. The molecule has 0 amide bonds. The molecule has 0 aliphatic rings. The van der Waals surface area contributed by atoms with Gasteiger partial charge in [0.25, 0.3) is 0 Å². The van der Waals surface area contributed by atoms with Gasteiger partial charge in [0.2, 0.25) is 5.13 Å². The molecule has 0 aliphatic heterocycles. The van der Waals surface area contributed by atoms with Crippen LogP contribution in [0.25, 0.3) is 0 Å². The number of rotatable bonds is 7. The highest BCUT2D eigenvalue weighted by molar-refractivity contribution is 7.98. The molecule has 0 radical (unpaired) electrons. The van der Waals surface area contributed by atoms with Crippen LogP contribution >= 0.6 is 23.1 Å². The van der Waals surface area contributed by atoms with Crippen LogP contribution in [0.15, 0.2) is 0 Å². The Balaban J connectivity index is 2.19. The number of hydrogen-bond donors (Lipinski definition) is 1. The first-order valence-corrected chi connectivity index (χ1v) is 6.98. The van der Waals surface area contributed by atoms with Crippen LogP contribution in [-0.2, 0) is 5.75 Å². The summed E-state index contributed by atoms with van der Waals surface area (Å²) < 4.78 is 0. The fraction of sp³-hybridized carbons (Fsp3) is 0.778. The smallest absolute Gasteiger partial charge is 0.205 e. The van der Waals surface area contributed by atoms with Crippen molar-refractivity contribution in [1.29, 1.82) is 0 Å². The normalized spacial score (nSPS) is 10.9. The molecule has 0 unspecified atom stereocenters. The Bertz CT molecular complexity index is 275. The Labute approximate surface area is 99.5 Å². The topological polar surface area (TPSA) is 41.1 Å². The van der Waals surface area contributed by atoms with Gasteiger partial charge in [-0.2, -0.15) is 11.8 Å². The molecule has 0 aliphatic carbocycles. The van der Waals surface area contributed by atoms with Crippen LogP contribution in [-0.4, -0.2) is 48.0 Å². The minimum absolute atomic E-state index is 0.905. The lowest BCUT2D eigenvalue weighted by atomic mass is 10.7. The van der Waals surface area contributed by atoms with Gasteiger partial charge in [0.1, 0.15) is 5.01 Å². The van der Waals surface area contributed by atoms with Crippen molar-refractivity contribution >= 4 is 28.2 Å². The molecule has 0 saturated carbocycles. The Morgan fingerprint density at radius 1 is 1.40 bits per heavy atom. The monoisotopic (exact) mass is 246 g/mol. The van der Waals surface area contributed by atoms with Crippen molar-refractivity contribution < 1.29 is 0 Å². The number of aromatic nitrogens is 2. The van der Waals surface area contributed by atoms with Crippen molar-refractivity contribution in [2.75, 3.05) is 38.3 Å². The molecule has 86 valence electrons. The second-order valence-corrected chi connectivity index (χ2v) is 5.55. The SMILES string of the molecule is CCNc1nnc(CSCCN(C)C)s1. The third-order valence-electron chi connectivity index (χ3n) is 1.70. The van der Waals surface area contributed by atoms with Crippen molar-refractivity contribution in [3.8, 4) is 0 Å². The Morgan fingerprint density at radius 2 is 2.20 bits per heavy atom. The first kappa shape index (κ1) is 12.7. The molecule has 6 heteroatoms. The molecule has 1 N–H and O–H groups in total. The summed E-state index contributed by atoms with van der Waals surface area (Å²) in [6.45, 7) is 4.08. The lowest BCUT2D eigenvalue weighted by Crippen LogP contribution is -2.14. The van der Waals surface area contributed by atoms with Crippen LogP contribution in [0.5, 0.6) is 0 Å². The maximum Gasteiger partial charge on any atom is 0.205 e. The maximum atomic E-state index is 4.12. The predicted octanol–water partition coefficient (Wildman–Crippen LogP) is 1.76. The fourth-order valence-corrected chi connectivity index (χ4v) is 2.90. The van der Waals surface area contributed by atoms with E-state index in [0.717, 1.165) is 34.7 Å². The average molecular weight is 246 g/mol. The maximum absolute atomic E-state index is 4.12. The van der Waals surface area contributed by atoms with Gasteiger partial charge >= 0.3 is 0 Å². The largest absolute Gasteiger partial charge is 0.360 e. The Hall–Kier alpha value is -0.330. The fourth-order valence-electron chi connectivity index (χ4n) is 0.941. The molecule has 0 aromatic carbocycles. The number of anilines is 1.